The Morgan fingerprint density at radius 1 is 0.333 bits per heavy atom. The molecule has 0 bridgehead atoms. The SMILES string of the molecule is c1ccc(-c2nc(-c3ccc(-c4ccc(-c5cccc6c5sc5ccccc56)c5oc6ccccc6c45)cc3)nc(-c3cccc4c3oc3ccccc34)n2)cc1. The van der Waals surface area contributed by atoms with Gasteiger partial charge in [-0.1, -0.05) is 146 Å². The number of fused-ring (bicyclic) bond motifs is 9. The summed E-state index contributed by atoms with van der Waals surface area (Å²) < 4.78 is 15.7. The number of thiophene rings is 1. The van der Waals surface area contributed by atoms with Gasteiger partial charge in [0.1, 0.15) is 22.3 Å². The largest absolute Gasteiger partial charge is 0.455 e. The molecule has 4 heterocycles. The van der Waals surface area contributed by atoms with Crippen LogP contribution in [0.4, 0.5) is 0 Å². The minimum absolute atomic E-state index is 0.559. The summed E-state index contributed by atoms with van der Waals surface area (Å²) >= 11 is 1.84. The number of rotatable bonds is 5. The Labute approximate surface area is 330 Å². The van der Waals surface area contributed by atoms with Crippen LogP contribution >= 0.6 is 11.3 Å². The van der Waals surface area contributed by atoms with Gasteiger partial charge in [-0.05, 0) is 41.5 Å². The molecule has 12 rings (SSSR count). The predicted molar refractivity (Wildman–Crippen MR) is 234 cm³/mol. The second kappa shape index (κ2) is 12.6. The third-order valence-corrected chi connectivity index (χ3v) is 12.2. The Hall–Kier alpha value is -7.41. The van der Waals surface area contributed by atoms with Crippen molar-refractivity contribution in [1.29, 1.82) is 0 Å². The molecule has 0 N–H and O–H groups in total. The summed E-state index contributed by atoms with van der Waals surface area (Å²) in [7, 11) is 0. The lowest BCUT2D eigenvalue weighted by molar-refractivity contribution is 0.669. The minimum Gasteiger partial charge on any atom is -0.455 e. The van der Waals surface area contributed by atoms with Crippen LogP contribution in [0.1, 0.15) is 0 Å². The van der Waals surface area contributed by atoms with E-state index in [-0.39, 0.29) is 0 Å². The lowest BCUT2D eigenvalue weighted by atomic mass is 9.93. The third-order valence-electron chi connectivity index (χ3n) is 11.0. The molecule has 5 nitrogen and oxygen atoms in total. The normalized spacial score (nSPS) is 11.9. The molecule has 0 saturated carbocycles. The minimum atomic E-state index is 0.559. The van der Waals surface area contributed by atoms with Crippen LogP contribution in [-0.2, 0) is 0 Å². The summed E-state index contributed by atoms with van der Waals surface area (Å²) in [5.74, 6) is 1.75. The first-order valence-electron chi connectivity index (χ1n) is 18.9. The van der Waals surface area contributed by atoms with Gasteiger partial charge in [-0.25, -0.2) is 15.0 Å². The van der Waals surface area contributed by atoms with E-state index in [0.717, 1.165) is 77.3 Å². The number of furan rings is 2. The highest BCUT2D eigenvalue weighted by atomic mass is 32.1. The van der Waals surface area contributed by atoms with E-state index < -0.39 is 0 Å². The monoisotopic (exact) mass is 747 g/mol. The molecule has 57 heavy (non-hydrogen) atoms. The van der Waals surface area contributed by atoms with E-state index in [1.807, 2.05) is 78.1 Å². The number of benzene rings is 8. The molecule has 8 aromatic carbocycles. The fraction of sp³-hybridized carbons (Fsp3) is 0. The van der Waals surface area contributed by atoms with E-state index >= 15 is 0 Å². The Morgan fingerprint density at radius 2 is 0.895 bits per heavy atom. The molecule has 266 valence electrons. The van der Waals surface area contributed by atoms with Crippen LogP contribution in [0.2, 0.25) is 0 Å². The smallest absolute Gasteiger partial charge is 0.167 e. The van der Waals surface area contributed by atoms with Gasteiger partial charge in [0, 0.05) is 64.0 Å². The van der Waals surface area contributed by atoms with Crippen LogP contribution in [-0.4, -0.2) is 15.0 Å². The summed E-state index contributed by atoms with van der Waals surface area (Å²) in [6.07, 6.45) is 0. The highest BCUT2D eigenvalue weighted by molar-refractivity contribution is 7.26. The average Bonchev–Trinajstić information content (AvgIpc) is 3.98. The molecule has 0 aliphatic carbocycles. The third kappa shape index (κ3) is 5.04. The Balaban J connectivity index is 1.01. The fourth-order valence-electron chi connectivity index (χ4n) is 8.30. The van der Waals surface area contributed by atoms with Crippen molar-refractivity contribution in [2.24, 2.45) is 0 Å². The first-order valence-corrected chi connectivity index (χ1v) is 19.7. The first kappa shape index (κ1) is 31.9. The van der Waals surface area contributed by atoms with Gasteiger partial charge in [0.2, 0.25) is 0 Å². The van der Waals surface area contributed by atoms with Crippen molar-refractivity contribution in [2.75, 3.05) is 0 Å². The average molecular weight is 748 g/mol. The molecule has 0 atom stereocenters. The number of hydrogen-bond donors (Lipinski definition) is 0. The van der Waals surface area contributed by atoms with Gasteiger partial charge in [0.25, 0.3) is 0 Å². The molecule has 6 heteroatoms. The molecule has 0 saturated heterocycles. The van der Waals surface area contributed by atoms with Gasteiger partial charge < -0.3 is 8.83 Å². The zero-order chi connectivity index (χ0) is 37.5. The van der Waals surface area contributed by atoms with Gasteiger partial charge >= 0.3 is 0 Å². The molecule has 0 unspecified atom stereocenters. The summed E-state index contributed by atoms with van der Waals surface area (Å²) in [5, 5.41) is 6.83. The Kier molecular flexibility index (Phi) is 7.03. The maximum absolute atomic E-state index is 6.75. The van der Waals surface area contributed by atoms with Crippen molar-refractivity contribution < 1.29 is 8.83 Å². The topological polar surface area (TPSA) is 65.0 Å². The molecule has 4 aromatic heterocycles. The molecule has 0 spiro atoms. The van der Waals surface area contributed by atoms with Crippen LogP contribution in [0.3, 0.4) is 0 Å². The quantitative estimate of drug-likeness (QED) is 0.175. The second-order valence-electron chi connectivity index (χ2n) is 14.3. The molecule has 0 amide bonds. The van der Waals surface area contributed by atoms with Crippen LogP contribution in [0, 0.1) is 0 Å². The van der Waals surface area contributed by atoms with Gasteiger partial charge in [-0.15, -0.1) is 11.3 Å². The van der Waals surface area contributed by atoms with Crippen LogP contribution in [0.5, 0.6) is 0 Å². The lowest BCUT2D eigenvalue weighted by Crippen LogP contribution is -2.00. The van der Waals surface area contributed by atoms with Crippen molar-refractivity contribution in [1.82, 2.24) is 15.0 Å². The van der Waals surface area contributed by atoms with E-state index in [4.69, 9.17) is 23.8 Å². The highest BCUT2D eigenvalue weighted by Gasteiger charge is 2.21. The van der Waals surface area contributed by atoms with Gasteiger partial charge in [-0.3, -0.25) is 0 Å². The van der Waals surface area contributed by atoms with Crippen molar-refractivity contribution in [2.45, 2.75) is 0 Å². The van der Waals surface area contributed by atoms with Crippen molar-refractivity contribution >= 4 is 75.4 Å². The molecule has 0 aliphatic rings. The van der Waals surface area contributed by atoms with E-state index in [9.17, 15) is 0 Å². The maximum Gasteiger partial charge on any atom is 0.167 e. The summed E-state index contributed by atoms with van der Waals surface area (Å²) in [4.78, 5) is 15.1. The number of hydrogen-bond acceptors (Lipinski definition) is 6. The van der Waals surface area contributed by atoms with E-state index in [2.05, 4.69) is 109 Å². The molecular formula is C51H29N3O2S. The number of para-hydroxylation sites is 3. The first-order chi connectivity index (χ1) is 28.2. The zero-order valence-electron chi connectivity index (χ0n) is 30.3. The molecule has 12 aromatic rings. The van der Waals surface area contributed by atoms with Gasteiger partial charge in [0.15, 0.2) is 17.5 Å². The van der Waals surface area contributed by atoms with Crippen LogP contribution < -0.4 is 0 Å². The number of nitrogens with zero attached hydrogens (tertiary/aromatic N) is 3. The summed E-state index contributed by atoms with van der Waals surface area (Å²) in [6.45, 7) is 0. The Morgan fingerprint density at radius 3 is 1.70 bits per heavy atom. The van der Waals surface area contributed by atoms with E-state index in [0.29, 0.717) is 17.5 Å². The van der Waals surface area contributed by atoms with Crippen molar-refractivity contribution in [3.8, 4) is 56.4 Å². The summed E-state index contributed by atoms with van der Waals surface area (Å²) in [6, 6.07) is 60.8. The molecular weight excluding hydrogens is 719 g/mol. The molecule has 0 radical (unpaired) electrons. The van der Waals surface area contributed by atoms with Gasteiger partial charge in [-0.2, -0.15) is 0 Å². The fourth-order valence-corrected chi connectivity index (χ4v) is 9.53. The lowest BCUT2D eigenvalue weighted by Gasteiger charge is -2.11. The second-order valence-corrected chi connectivity index (χ2v) is 15.3. The standard InChI is InChI=1S/C51H29N3O2S/c1-2-12-31(13-3-1)49-52-50(54-51(53-49)41-20-10-17-36-34-14-4-7-21-42(34)55-46(36)41)32-26-24-30(25-27-32)33-28-29-37(47-45(33)40-16-5-8-22-43(40)56-47)39-19-11-18-38-35-15-6-9-23-44(35)57-48(38)39/h1-29H. The zero-order valence-corrected chi connectivity index (χ0v) is 31.1. The summed E-state index contributed by atoms with van der Waals surface area (Å²) in [5.41, 5.74) is 10.4. The van der Waals surface area contributed by atoms with E-state index in [1.165, 1.54) is 25.7 Å². The van der Waals surface area contributed by atoms with Crippen molar-refractivity contribution in [3.05, 3.63) is 176 Å². The predicted octanol–water partition coefficient (Wildman–Crippen LogP) is 14.4. The van der Waals surface area contributed by atoms with Crippen LogP contribution in [0.25, 0.3) is 120 Å². The molecule has 0 fully saturated rings. The van der Waals surface area contributed by atoms with Gasteiger partial charge in [0.05, 0.1) is 5.56 Å². The molecule has 0 aliphatic heterocycles. The maximum atomic E-state index is 6.75. The van der Waals surface area contributed by atoms with Crippen molar-refractivity contribution in [3.63, 3.8) is 0 Å². The number of aromatic nitrogens is 3. The highest BCUT2D eigenvalue weighted by Crippen LogP contribution is 2.46. The Bertz CT molecular complexity index is 3530. The van der Waals surface area contributed by atoms with Crippen LogP contribution in [0.15, 0.2) is 185 Å². The van der Waals surface area contributed by atoms with E-state index in [1.54, 1.807) is 0 Å².